The third-order valence-corrected chi connectivity index (χ3v) is 4.91. The number of carbonyl (C=O) groups excluding carboxylic acids is 1. The molecule has 0 spiro atoms. The molecule has 0 unspecified atom stereocenters. The van der Waals surface area contributed by atoms with E-state index in [1.165, 1.54) is 5.56 Å². The Bertz CT molecular complexity index is 1050. The second-order valence-corrected chi connectivity index (χ2v) is 6.72. The van der Waals surface area contributed by atoms with Gasteiger partial charge in [-0.1, -0.05) is 84.9 Å². The van der Waals surface area contributed by atoms with Gasteiger partial charge in [0.25, 0.3) is 5.91 Å². The molecule has 4 aromatic rings. The standard InChI is InChI=1S/C26H21NO/c1-27(25-18-16-23(17-19-25)21-10-6-3-7-11-21)26(28)24-14-12-22(13-15-24)20-8-4-2-5-9-20/h2-19H,1H3. The molecule has 4 aromatic carbocycles. The number of hydrogen-bond donors (Lipinski definition) is 0. The molecule has 0 fully saturated rings. The monoisotopic (exact) mass is 363 g/mol. The Balaban J connectivity index is 1.51. The maximum Gasteiger partial charge on any atom is 0.258 e. The van der Waals surface area contributed by atoms with Crippen LogP contribution >= 0.6 is 0 Å². The average molecular weight is 363 g/mol. The summed E-state index contributed by atoms with van der Waals surface area (Å²) in [4.78, 5) is 14.6. The summed E-state index contributed by atoms with van der Waals surface area (Å²) in [6.07, 6.45) is 0. The zero-order chi connectivity index (χ0) is 19.3. The first kappa shape index (κ1) is 17.7. The van der Waals surface area contributed by atoms with E-state index in [9.17, 15) is 4.79 Å². The molecule has 0 aromatic heterocycles. The van der Waals surface area contributed by atoms with Gasteiger partial charge in [0.15, 0.2) is 0 Å². The molecule has 0 saturated heterocycles. The minimum Gasteiger partial charge on any atom is -0.311 e. The number of anilines is 1. The molecule has 4 rings (SSSR count). The van der Waals surface area contributed by atoms with Crippen LogP contribution < -0.4 is 4.90 Å². The van der Waals surface area contributed by atoms with Crippen molar-refractivity contribution < 1.29 is 4.79 Å². The predicted octanol–water partition coefficient (Wildman–Crippen LogP) is 6.30. The van der Waals surface area contributed by atoms with Crippen molar-refractivity contribution in [3.8, 4) is 22.3 Å². The van der Waals surface area contributed by atoms with E-state index < -0.39 is 0 Å². The molecular weight excluding hydrogens is 342 g/mol. The van der Waals surface area contributed by atoms with E-state index >= 15 is 0 Å². The molecule has 0 radical (unpaired) electrons. The lowest BCUT2D eigenvalue weighted by Crippen LogP contribution is -2.26. The van der Waals surface area contributed by atoms with Gasteiger partial charge in [-0.15, -0.1) is 0 Å². The number of hydrogen-bond acceptors (Lipinski definition) is 1. The maximum atomic E-state index is 12.9. The second kappa shape index (κ2) is 7.93. The Labute approximate surface area is 165 Å². The molecule has 0 heterocycles. The molecule has 0 aliphatic heterocycles. The summed E-state index contributed by atoms with van der Waals surface area (Å²) in [5.41, 5.74) is 6.10. The van der Waals surface area contributed by atoms with Crippen molar-refractivity contribution in [2.24, 2.45) is 0 Å². The van der Waals surface area contributed by atoms with Crippen molar-refractivity contribution in [2.75, 3.05) is 11.9 Å². The highest BCUT2D eigenvalue weighted by Gasteiger charge is 2.13. The SMILES string of the molecule is CN(C(=O)c1ccc(-c2ccccc2)cc1)c1ccc(-c2ccccc2)cc1. The Morgan fingerprint density at radius 2 is 0.929 bits per heavy atom. The van der Waals surface area contributed by atoms with Crippen LogP contribution in [-0.4, -0.2) is 13.0 Å². The normalized spacial score (nSPS) is 10.5. The minimum atomic E-state index is -0.0212. The number of benzene rings is 4. The largest absolute Gasteiger partial charge is 0.311 e. The van der Waals surface area contributed by atoms with Crippen LogP contribution in [0.4, 0.5) is 5.69 Å². The molecule has 2 heteroatoms. The highest BCUT2D eigenvalue weighted by molar-refractivity contribution is 6.06. The molecule has 2 nitrogen and oxygen atoms in total. The predicted molar refractivity (Wildman–Crippen MR) is 116 cm³/mol. The minimum absolute atomic E-state index is 0.0212. The Kier molecular flexibility index (Phi) is 5.03. The zero-order valence-electron chi connectivity index (χ0n) is 15.7. The molecule has 136 valence electrons. The van der Waals surface area contributed by atoms with Crippen LogP contribution in [0.5, 0.6) is 0 Å². The summed E-state index contributed by atoms with van der Waals surface area (Å²) < 4.78 is 0. The van der Waals surface area contributed by atoms with Gasteiger partial charge < -0.3 is 4.90 Å². The molecule has 0 N–H and O–H groups in total. The van der Waals surface area contributed by atoms with Crippen molar-refractivity contribution in [1.82, 2.24) is 0 Å². The quantitative estimate of drug-likeness (QED) is 0.417. The first-order chi connectivity index (χ1) is 13.7. The van der Waals surface area contributed by atoms with E-state index in [4.69, 9.17) is 0 Å². The van der Waals surface area contributed by atoms with Gasteiger partial charge in [0.05, 0.1) is 0 Å². The summed E-state index contributed by atoms with van der Waals surface area (Å²) in [6, 6.07) is 36.2. The average Bonchev–Trinajstić information content (AvgIpc) is 2.79. The van der Waals surface area contributed by atoms with Crippen molar-refractivity contribution >= 4 is 11.6 Å². The maximum absolute atomic E-state index is 12.9. The van der Waals surface area contributed by atoms with Crippen molar-refractivity contribution in [2.45, 2.75) is 0 Å². The summed E-state index contributed by atoms with van der Waals surface area (Å²) in [5.74, 6) is -0.0212. The van der Waals surface area contributed by atoms with E-state index in [0.29, 0.717) is 5.56 Å². The number of carbonyl (C=O) groups is 1. The lowest BCUT2D eigenvalue weighted by molar-refractivity contribution is 0.0993. The summed E-state index contributed by atoms with van der Waals surface area (Å²) in [6.45, 7) is 0. The first-order valence-electron chi connectivity index (χ1n) is 9.31. The van der Waals surface area contributed by atoms with Crippen LogP contribution in [0.3, 0.4) is 0 Å². The van der Waals surface area contributed by atoms with Crippen LogP contribution in [0.2, 0.25) is 0 Å². The van der Waals surface area contributed by atoms with Crippen molar-refractivity contribution in [3.63, 3.8) is 0 Å². The zero-order valence-corrected chi connectivity index (χ0v) is 15.7. The fourth-order valence-corrected chi connectivity index (χ4v) is 3.25. The molecular formula is C26H21NO. The van der Waals surface area contributed by atoms with E-state index in [1.807, 2.05) is 92.0 Å². The van der Waals surface area contributed by atoms with Gasteiger partial charge in [0.2, 0.25) is 0 Å². The van der Waals surface area contributed by atoms with E-state index in [-0.39, 0.29) is 5.91 Å². The Hall–Kier alpha value is -3.65. The van der Waals surface area contributed by atoms with Crippen LogP contribution in [0.1, 0.15) is 10.4 Å². The topological polar surface area (TPSA) is 20.3 Å². The first-order valence-corrected chi connectivity index (χ1v) is 9.31. The van der Waals surface area contributed by atoms with Gasteiger partial charge in [-0.3, -0.25) is 4.79 Å². The van der Waals surface area contributed by atoms with E-state index in [0.717, 1.165) is 22.4 Å². The molecule has 0 aliphatic rings. The van der Waals surface area contributed by atoms with Gasteiger partial charge in [-0.2, -0.15) is 0 Å². The second-order valence-electron chi connectivity index (χ2n) is 6.72. The van der Waals surface area contributed by atoms with E-state index in [2.05, 4.69) is 24.3 Å². The smallest absolute Gasteiger partial charge is 0.258 e. The molecule has 28 heavy (non-hydrogen) atoms. The van der Waals surface area contributed by atoms with Gasteiger partial charge >= 0.3 is 0 Å². The van der Waals surface area contributed by atoms with Crippen molar-refractivity contribution in [1.29, 1.82) is 0 Å². The molecule has 0 aliphatic carbocycles. The van der Waals surface area contributed by atoms with Gasteiger partial charge in [-0.25, -0.2) is 0 Å². The summed E-state index contributed by atoms with van der Waals surface area (Å²) >= 11 is 0. The molecule has 0 bridgehead atoms. The van der Waals surface area contributed by atoms with Crippen LogP contribution in [0.25, 0.3) is 22.3 Å². The summed E-state index contributed by atoms with van der Waals surface area (Å²) in [5, 5.41) is 0. The lowest BCUT2D eigenvalue weighted by atomic mass is 10.0. The lowest BCUT2D eigenvalue weighted by Gasteiger charge is -2.18. The fraction of sp³-hybridized carbons (Fsp3) is 0.0385. The van der Waals surface area contributed by atoms with Gasteiger partial charge in [-0.05, 0) is 46.5 Å². The Morgan fingerprint density at radius 1 is 0.536 bits per heavy atom. The fourth-order valence-electron chi connectivity index (χ4n) is 3.25. The summed E-state index contributed by atoms with van der Waals surface area (Å²) in [7, 11) is 1.81. The third-order valence-electron chi connectivity index (χ3n) is 4.91. The van der Waals surface area contributed by atoms with Crippen molar-refractivity contribution in [3.05, 3.63) is 115 Å². The van der Waals surface area contributed by atoms with Gasteiger partial charge in [0, 0.05) is 18.3 Å². The third kappa shape index (κ3) is 3.72. The van der Waals surface area contributed by atoms with Crippen LogP contribution in [0, 0.1) is 0 Å². The highest BCUT2D eigenvalue weighted by Crippen LogP contribution is 2.24. The van der Waals surface area contributed by atoms with Crippen LogP contribution in [0.15, 0.2) is 109 Å². The van der Waals surface area contributed by atoms with Gasteiger partial charge in [0.1, 0.15) is 0 Å². The Morgan fingerprint density at radius 3 is 1.39 bits per heavy atom. The highest BCUT2D eigenvalue weighted by atomic mass is 16.2. The molecule has 0 saturated carbocycles. The van der Waals surface area contributed by atoms with E-state index in [1.54, 1.807) is 4.90 Å². The molecule has 1 amide bonds. The number of amides is 1. The number of rotatable bonds is 4. The molecule has 0 atom stereocenters. The number of nitrogens with zero attached hydrogens (tertiary/aromatic N) is 1. The van der Waals surface area contributed by atoms with Crippen LogP contribution in [-0.2, 0) is 0 Å².